The Morgan fingerprint density at radius 1 is 0.759 bits per heavy atom. The van der Waals surface area contributed by atoms with Gasteiger partial charge in [0, 0.05) is 28.3 Å². The van der Waals surface area contributed by atoms with Crippen molar-refractivity contribution in [3.8, 4) is 33.6 Å². The fraction of sp³-hybridized carbons (Fsp3) is 0.231. The molecule has 29 heavy (non-hydrogen) atoms. The second-order valence-corrected chi connectivity index (χ2v) is 7.83. The maximum absolute atomic E-state index is 4.78. The quantitative estimate of drug-likeness (QED) is 0.342. The molecule has 2 aromatic carbocycles. The highest BCUT2D eigenvalue weighted by Gasteiger charge is 2.15. The molecule has 0 bridgehead atoms. The minimum atomic E-state index is 0.998. The molecule has 0 saturated carbocycles. The lowest BCUT2D eigenvalue weighted by Crippen LogP contribution is -1.99. The van der Waals surface area contributed by atoms with E-state index in [1.165, 1.54) is 44.9 Å². The molecular weight excluding hydrogens is 372 g/mol. The van der Waals surface area contributed by atoms with Crippen molar-refractivity contribution >= 4 is 11.5 Å². The molecule has 2 heterocycles. The number of aromatic nitrogens is 2. The van der Waals surface area contributed by atoms with E-state index in [2.05, 4.69) is 67.5 Å². The van der Waals surface area contributed by atoms with Crippen molar-refractivity contribution in [2.24, 2.45) is 0 Å². The maximum atomic E-state index is 4.78. The zero-order valence-electron chi connectivity index (χ0n) is 17.3. The molecule has 2 aromatic heterocycles. The monoisotopic (exact) mass is 398 g/mol. The normalized spacial score (nSPS) is 11.0. The molecule has 0 aliphatic carbocycles. The van der Waals surface area contributed by atoms with Crippen LogP contribution in [0, 0.1) is 0 Å². The average Bonchev–Trinajstić information content (AvgIpc) is 3.28. The highest BCUT2D eigenvalue weighted by molar-refractivity contribution is 7.04. The summed E-state index contributed by atoms with van der Waals surface area (Å²) in [6.07, 6.45) is 5.04. The third-order valence-corrected chi connectivity index (χ3v) is 6.18. The molecule has 146 valence electrons. The van der Waals surface area contributed by atoms with Crippen LogP contribution in [-0.2, 0) is 19.3 Å². The number of nitrogens with zero attached hydrogens (tertiary/aromatic N) is 2. The lowest BCUT2D eigenvalue weighted by molar-refractivity contribution is 0.982. The highest BCUT2D eigenvalue weighted by atomic mass is 32.1. The molecule has 0 saturated heterocycles. The molecule has 0 fully saturated rings. The van der Waals surface area contributed by atoms with Crippen molar-refractivity contribution < 1.29 is 0 Å². The van der Waals surface area contributed by atoms with Crippen LogP contribution < -0.4 is 0 Å². The summed E-state index contributed by atoms with van der Waals surface area (Å²) in [4.78, 5) is 4.45. The van der Waals surface area contributed by atoms with Crippen LogP contribution >= 0.6 is 11.5 Å². The van der Waals surface area contributed by atoms with Gasteiger partial charge in [0.05, 0.1) is 11.4 Å². The number of benzene rings is 2. The lowest BCUT2D eigenvalue weighted by atomic mass is 9.90. The Labute approximate surface area is 177 Å². The van der Waals surface area contributed by atoms with E-state index < -0.39 is 0 Å². The summed E-state index contributed by atoms with van der Waals surface area (Å²) in [7, 11) is 0. The zero-order valence-corrected chi connectivity index (χ0v) is 18.1. The Bertz CT molecular complexity index is 1070. The molecule has 3 heteroatoms. The van der Waals surface area contributed by atoms with Crippen molar-refractivity contribution in [2.45, 2.75) is 40.0 Å². The second-order valence-electron chi connectivity index (χ2n) is 7.20. The van der Waals surface area contributed by atoms with Crippen molar-refractivity contribution in [3.63, 3.8) is 0 Å². The summed E-state index contributed by atoms with van der Waals surface area (Å²) < 4.78 is 4.78. The van der Waals surface area contributed by atoms with Crippen LogP contribution in [0.2, 0.25) is 0 Å². The lowest BCUT2D eigenvalue weighted by Gasteiger charge is -2.15. The zero-order chi connectivity index (χ0) is 20.2. The molecule has 0 atom stereocenters. The molecule has 4 rings (SSSR count). The van der Waals surface area contributed by atoms with E-state index in [1.807, 2.05) is 24.4 Å². The van der Waals surface area contributed by atoms with Gasteiger partial charge in [-0.1, -0.05) is 51.1 Å². The van der Waals surface area contributed by atoms with Gasteiger partial charge in [-0.25, -0.2) is 0 Å². The van der Waals surface area contributed by atoms with Gasteiger partial charge in [0.15, 0.2) is 0 Å². The van der Waals surface area contributed by atoms with Gasteiger partial charge in [-0.05, 0) is 77.3 Å². The smallest absolute Gasteiger partial charge is 0.0919 e. The minimum Gasteiger partial charge on any atom is -0.256 e. The van der Waals surface area contributed by atoms with Crippen LogP contribution in [0.25, 0.3) is 33.6 Å². The number of rotatable bonds is 6. The summed E-state index contributed by atoms with van der Waals surface area (Å²) in [5, 5.41) is 2.16. The predicted molar refractivity (Wildman–Crippen MR) is 124 cm³/mol. The molecule has 0 radical (unpaired) electrons. The predicted octanol–water partition coefficient (Wildman–Crippen LogP) is 7.23. The molecule has 0 aliphatic heterocycles. The van der Waals surface area contributed by atoms with Gasteiger partial charge in [0.25, 0.3) is 0 Å². The Hall–Kier alpha value is -2.78. The number of hydrogen-bond acceptors (Lipinski definition) is 3. The first-order valence-electron chi connectivity index (χ1n) is 10.4. The van der Waals surface area contributed by atoms with E-state index in [0.717, 1.165) is 36.2 Å². The highest BCUT2D eigenvalue weighted by Crippen LogP contribution is 2.36. The topological polar surface area (TPSA) is 25.8 Å². The SMILES string of the molecule is CCc1cc(-c2nscc2-c2ccc(-c3ccccn3)cc2)cc(CC)c1CC. The van der Waals surface area contributed by atoms with E-state index >= 15 is 0 Å². The Balaban J connectivity index is 1.74. The van der Waals surface area contributed by atoms with Gasteiger partial charge < -0.3 is 0 Å². The van der Waals surface area contributed by atoms with E-state index in [4.69, 9.17) is 4.37 Å². The van der Waals surface area contributed by atoms with Gasteiger partial charge in [-0.15, -0.1) is 0 Å². The van der Waals surface area contributed by atoms with E-state index in [-0.39, 0.29) is 0 Å². The summed E-state index contributed by atoms with van der Waals surface area (Å²) in [6, 6.07) is 19.4. The van der Waals surface area contributed by atoms with E-state index in [1.54, 1.807) is 0 Å². The van der Waals surface area contributed by atoms with Crippen LogP contribution in [0.4, 0.5) is 0 Å². The summed E-state index contributed by atoms with van der Waals surface area (Å²) in [5.74, 6) is 0. The van der Waals surface area contributed by atoms with Crippen LogP contribution in [-0.4, -0.2) is 9.36 Å². The number of hydrogen-bond donors (Lipinski definition) is 0. The van der Waals surface area contributed by atoms with Crippen LogP contribution in [0.1, 0.15) is 37.5 Å². The molecule has 4 aromatic rings. The third kappa shape index (κ3) is 3.88. The van der Waals surface area contributed by atoms with Crippen LogP contribution in [0.3, 0.4) is 0 Å². The Morgan fingerprint density at radius 2 is 1.45 bits per heavy atom. The van der Waals surface area contributed by atoms with E-state index in [9.17, 15) is 0 Å². The van der Waals surface area contributed by atoms with Crippen molar-refractivity contribution in [1.29, 1.82) is 0 Å². The van der Waals surface area contributed by atoms with Crippen LogP contribution in [0.5, 0.6) is 0 Å². The Morgan fingerprint density at radius 3 is 2.03 bits per heavy atom. The summed E-state index contributed by atoms with van der Waals surface area (Å²) in [5.41, 5.74) is 11.3. The summed E-state index contributed by atoms with van der Waals surface area (Å²) in [6.45, 7) is 6.75. The van der Waals surface area contributed by atoms with Crippen LogP contribution in [0.15, 0.2) is 66.2 Å². The average molecular weight is 399 g/mol. The van der Waals surface area contributed by atoms with Gasteiger partial charge in [-0.2, -0.15) is 4.37 Å². The van der Waals surface area contributed by atoms with E-state index in [0.29, 0.717) is 0 Å². The fourth-order valence-corrected chi connectivity index (χ4v) is 4.74. The third-order valence-electron chi connectivity index (χ3n) is 5.55. The van der Waals surface area contributed by atoms with Gasteiger partial charge in [-0.3, -0.25) is 4.98 Å². The van der Waals surface area contributed by atoms with Crippen molar-refractivity contribution in [2.75, 3.05) is 0 Å². The minimum absolute atomic E-state index is 0.998. The Kier molecular flexibility index (Phi) is 5.86. The van der Waals surface area contributed by atoms with Crippen molar-refractivity contribution in [3.05, 3.63) is 82.9 Å². The first-order valence-corrected chi connectivity index (χ1v) is 11.2. The molecule has 0 aliphatic rings. The molecule has 0 amide bonds. The number of pyridine rings is 1. The first kappa shape index (κ1) is 19.5. The van der Waals surface area contributed by atoms with Crippen molar-refractivity contribution in [1.82, 2.24) is 9.36 Å². The molecule has 0 unspecified atom stereocenters. The largest absolute Gasteiger partial charge is 0.256 e. The molecule has 0 spiro atoms. The maximum Gasteiger partial charge on any atom is 0.0919 e. The van der Waals surface area contributed by atoms with Gasteiger partial charge >= 0.3 is 0 Å². The van der Waals surface area contributed by atoms with Gasteiger partial charge in [0.2, 0.25) is 0 Å². The second kappa shape index (κ2) is 8.71. The molecular formula is C26H26N2S. The van der Waals surface area contributed by atoms with Gasteiger partial charge in [0.1, 0.15) is 0 Å². The first-order chi connectivity index (χ1) is 14.2. The molecule has 2 nitrogen and oxygen atoms in total. The number of aryl methyl sites for hydroxylation is 2. The fourth-order valence-electron chi connectivity index (χ4n) is 4.02. The standard InChI is InChI=1S/C26H26N2S/c1-4-18-15-22(16-19(5-2)23(18)6-3)26-24(17-29-28-26)20-10-12-21(13-11-20)25-9-7-8-14-27-25/h7-17H,4-6H2,1-3H3. The molecule has 0 N–H and O–H groups in total. The summed E-state index contributed by atoms with van der Waals surface area (Å²) >= 11 is 1.53.